The highest BCUT2D eigenvalue weighted by Gasteiger charge is 2.62. The fourth-order valence-electron chi connectivity index (χ4n) is 2.66. The Morgan fingerprint density at radius 2 is 1.85 bits per heavy atom. The number of hydrogen-bond donors (Lipinski definition) is 2. The summed E-state index contributed by atoms with van der Waals surface area (Å²) >= 11 is 5.81. The summed E-state index contributed by atoms with van der Waals surface area (Å²) < 4.78 is 59.4. The van der Waals surface area contributed by atoms with Crippen LogP contribution in [0, 0.1) is 5.82 Å². The van der Waals surface area contributed by atoms with Crippen molar-refractivity contribution >= 4 is 29.3 Å². The van der Waals surface area contributed by atoms with E-state index in [4.69, 9.17) is 11.6 Å². The Hall–Kier alpha value is -2.81. The molecule has 1 aliphatic heterocycles. The number of alkyl halides is 3. The molecular formula is C17H11ClF4N2O3. The molecule has 142 valence electrons. The van der Waals surface area contributed by atoms with Gasteiger partial charge in [0.1, 0.15) is 5.82 Å². The van der Waals surface area contributed by atoms with Gasteiger partial charge in [0.15, 0.2) is 0 Å². The van der Waals surface area contributed by atoms with Crippen LogP contribution >= 0.6 is 11.6 Å². The van der Waals surface area contributed by atoms with Crippen LogP contribution < -0.4 is 10.6 Å². The van der Waals surface area contributed by atoms with Gasteiger partial charge in [-0.25, -0.2) is 9.18 Å². The predicted octanol–water partition coefficient (Wildman–Crippen LogP) is 4.23. The fraction of sp³-hybridized carbons (Fsp3) is 0.176. The molecule has 10 heteroatoms. The number of nitrogens with one attached hydrogen (secondary N) is 2. The largest absolute Gasteiger partial charge is 0.434 e. The van der Waals surface area contributed by atoms with Crippen molar-refractivity contribution in [3.8, 4) is 0 Å². The van der Waals surface area contributed by atoms with Gasteiger partial charge in [0.2, 0.25) is 0 Å². The third kappa shape index (κ3) is 3.55. The number of benzene rings is 2. The molecule has 2 aromatic rings. The van der Waals surface area contributed by atoms with E-state index in [-0.39, 0.29) is 16.3 Å². The first-order valence-corrected chi connectivity index (χ1v) is 7.91. The monoisotopic (exact) mass is 402 g/mol. The van der Waals surface area contributed by atoms with E-state index in [1.807, 2.05) is 0 Å². The zero-order valence-corrected chi connectivity index (χ0v) is 14.1. The third-order valence-corrected chi connectivity index (χ3v) is 4.22. The lowest BCUT2D eigenvalue weighted by Gasteiger charge is -2.39. The maximum absolute atomic E-state index is 13.9. The number of amides is 2. The van der Waals surface area contributed by atoms with Gasteiger partial charge < -0.3 is 10.1 Å². The highest BCUT2D eigenvalue weighted by molar-refractivity contribution is 6.30. The topological polar surface area (TPSA) is 67.4 Å². The summed E-state index contributed by atoms with van der Waals surface area (Å²) in [6.07, 6.45) is -6.38. The minimum atomic E-state index is -5.06. The minimum absolute atomic E-state index is 0.00742. The molecule has 0 saturated carbocycles. The van der Waals surface area contributed by atoms with Crippen LogP contribution in [-0.4, -0.2) is 24.7 Å². The van der Waals surface area contributed by atoms with Crippen molar-refractivity contribution in [3.05, 3.63) is 64.4 Å². The molecule has 0 aliphatic carbocycles. The van der Waals surface area contributed by atoms with E-state index in [9.17, 15) is 27.2 Å². The highest BCUT2D eigenvalue weighted by atomic mass is 35.5. The molecule has 0 bridgehead atoms. The Balaban J connectivity index is 1.97. The lowest BCUT2D eigenvalue weighted by molar-refractivity contribution is -0.261. The number of carbonyl (C=O) groups is 2. The second kappa shape index (κ2) is 6.73. The molecule has 1 atom stereocenters. The predicted molar refractivity (Wildman–Crippen MR) is 88.0 cm³/mol. The molecule has 1 heterocycles. The van der Waals surface area contributed by atoms with Gasteiger partial charge in [-0.3, -0.25) is 10.1 Å². The van der Waals surface area contributed by atoms with Crippen molar-refractivity contribution < 1.29 is 31.9 Å². The number of rotatable bonds is 3. The van der Waals surface area contributed by atoms with Crippen molar-refractivity contribution in [2.45, 2.75) is 11.8 Å². The number of cyclic esters (lactones) is 1. The fourth-order valence-corrected chi connectivity index (χ4v) is 2.83. The molecule has 0 aromatic heterocycles. The Morgan fingerprint density at radius 1 is 1.19 bits per heavy atom. The summed E-state index contributed by atoms with van der Waals surface area (Å²) in [6.45, 7) is -1.09. The van der Waals surface area contributed by atoms with E-state index >= 15 is 0 Å². The molecule has 0 fully saturated rings. The maximum atomic E-state index is 13.9. The molecule has 1 aliphatic rings. The summed E-state index contributed by atoms with van der Waals surface area (Å²) in [7, 11) is 0. The summed E-state index contributed by atoms with van der Waals surface area (Å²) in [5.41, 5.74) is -3.77. The summed E-state index contributed by atoms with van der Waals surface area (Å²) in [4.78, 5) is 23.8. The summed E-state index contributed by atoms with van der Waals surface area (Å²) in [5, 5.41) is 4.24. The van der Waals surface area contributed by atoms with Crippen LogP contribution in [0.25, 0.3) is 0 Å². The van der Waals surface area contributed by atoms with Crippen molar-refractivity contribution in [3.63, 3.8) is 0 Å². The van der Waals surface area contributed by atoms with Crippen LogP contribution in [0.3, 0.4) is 0 Å². The van der Waals surface area contributed by atoms with E-state index in [1.54, 1.807) is 0 Å². The second-order valence-electron chi connectivity index (χ2n) is 5.72. The Labute approximate surface area is 155 Å². The number of ether oxygens (including phenoxy) is 1. The van der Waals surface area contributed by atoms with Gasteiger partial charge in [-0.15, -0.1) is 0 Å². The van der Waals surface area contributed by atoms with Gasteiger partial charge in [0, 0.05) is 16.1 Å². The molecule has 27 heavy (non-hydrogen) atoms. The molecule has 2 aromatic carbocycles. The number of halogens is 5. The van der Waals surface area contributed by atoms with Crippen molar-refractivity contribution in [1.82, 2.24) is 5.32 Å². The van der Waals surface area contributed by atoms with Crippen molar-refractivity contribution in [2.75, 3.05) is 11.9 Å². The SMILES string of the molecule is O=C1Nc2ccc(Cl)cc2[C@@](CNC(=O)c2ccc(F)cc2)(C(F)(F)F)O1. The number of anilines is 1. The molecule has 0 radical (unpaired) electrons. The molecule has 2 N–H and O–H groups in total. The van der Waals surface area contributed by atoms with Gasteiger partial charge >= 0.3 is 12.3 Å². The van der Waals surface area contributed by atoms with Crippen molar-refractivity contribution in [1.29, 1.82) is 0 Å². The average Bonchev–Trinajstić information content (AvgIpc) is 2.59. The first-order valence-electron chi connectivity index (χ1n) is 7.53. The average molecular weight is 403 g/mol. The third-order valence-electron chi connectivity index (χ3n) is 3.98. The van der Waals surface area contributed by atoms with E-state index in [1.165, 1.54) is 12.1 Å². The second-order valence-corrected chi connectivity index (χ2v) is 6.16. The van der Waals surface area contributed by atoms with Gasteiger partial charge in [-0.1, -0.05) is 11.6 Å². The Bertz CT molecular complexity index is 902. The number of carbonyl (C=O) groups excluding carboxylic acids is 2. The first kappa shape index (κ1) is 19.0. The van der Waals surface area contributed by atoms with E-state index in [2.05, 4.69) is 15.4 Å². The zero-order valence-electron chi connectivity index (χ0n) is 13.4. The van der Waals surface area contributed by atoms with Gasteiger partial charge in [-0.2, -0.15) is 13.2 Å². The summed E-state index contributed by atoms with van der Waals surface area (Å²) in [6, 6.07) is 7.74. The van der Waals surface area contributed by atoms with Crippen LogP contribution in [-0.2, 0) is 10.3 Å². The molecule has 3 rings (SSSR count). The van der Waals surface area contributed by atoms with E-state index in [0.717, 1.165) is 30.3 Å². The summed E-state index contributed by atoms with van der Waals surface area (Å²) in [5.74, 6) is -1.49. The van der Waals surface area contributed by atoms with Crippen LogP contribution in [0.15, 0.2) is 42.5 Å². The molecule has 0 saturated heterocycles. The normalized spacial score (nSPS) is 18.9. The number of fused-ring (bicyclic) bond motifs is 1. The molecule has 0 unspecified atom stereocenters. The van der Waals surface area contributed by atoms with Gasteiger partial charge in [0.05, 0.1) is 12.2 Å². The minimum Gasteiger partial charge on any atom is -0.426 e. The molecular weight excluding hydrogens is 392 g/mol. The van der Waals surface area contributed by atoms with E-state index < -0.39 is 41.7 Å². The Kier molecular flexibility index (Phi) is 4.73. The lowest BCUT2D eigenvalue weighted by atomic mass is 9.89. The lowest BCUT2D eigenvalue weighted by Crippen LogP contribution is -2.56. The van der Waals surface area contributed by atoms with E-state index in [0.29, 0.717) is 0 Å². The van der Waals surface area contributed by atoms with Crippen LogP contribution in [0.1, 0.15) is 15.9 Å². The molecule has 2 amide bonds. The zero-order chi connectivity index (χ0) is 19.8. The van der Waals surface area contributed by atoms with Crippen LogP contribution in [0.2, 0.25) is 5.02 Å². The van der Waals surface area contributed by atoms with Crippen LogP contribution in [0.5, 0.6) is 0 Å². The Morgan fingerprint density at radius 3 is 2.48 bits per heavy atom. The quantitative estimate of drug-likeness (QED) is 0.755. The first-order chi connectivity index (χ1) is 12.6. The highest BCUT2D eigenvalue weighted by Crippen LogP contribution is 2.47. The molecule has 5 nitrogen and oxygen atoms in total. The van der Waals surface area contributed by atoms with Crippen molar-refractivity contribution in [2.24, 2.45) is 0 Å². The standard InChI is InChI=1S/C17H11ClF4N2O3/c18-10-3-6-13-12(7-10)16(17(20,21)22,27-15(26)24-13)8-23-14(25)9-1-4-11(19)5-2-9/h1-7H,8H2,(H,23,25)(H,24,26)/t16-/m0/s1. The maximum Gasteiger partial charge on any atom is 0.434 e. The van der Waals surface area contributed by atoms with Gasteiger partial charge in [-0.05, 0) is 42.5 Å². The molecule has 0 spiro atoms. The number of hydrogen-bond acceptors (Lipinski definition) is 3. The van der Waals surface area contributed by atoms with Crippen LogP contribution in [0.4, 0.5) is 28.0 Å². The smallest absolute Gasteiger partial charge is 0.426 e. The van der Waals surface area contributed by atoms with Gasteiger partial charge in [0.25, 0.3) is 11.5 Å².